The second kappa shape index (κ2) is 10.4. The predicted octanol–water partition coefficient (Wildman–Crippen LogP) is 3.29. The zero-order chi connectivity index (χ0) is 26.0. The Bertz CT molecular complexity index is 1190. The van der Waals surface area contributed by atoms with Gasteiger partial charge >= 0.3 is 6.09 Å². The topological polar surface area (TPSA) is 109 Å². The largest absolute Gasteiger partial charge is 0.444 e. The Labute approximate surface area is 205 Å². The van der Waals surface area contributed by atoms with E-state index in [2.05, 4.69) is 10.3 Å². The first-order valence-electron chi connectivity index (χ1n) is 11.7. The van der Waals surface area contributed by atoms with Crippen molar-refractivity contribution in [1.29, 1.82) is 0 Å². The summed E-state index contributed by atoms with van der Waals surface area (Å²) in [6.07, 6.45) is 2.49. The number of carbonyl (C=O) groups excluding carboxylic acids is 2. The molecular weight excluding hydrogens is 475 g/mol. The molecule has 192 valence electrons. The van der Waals surface area contributed by atoms with Gasteiger partial charge < -0.3 is 15.0 Å². The number of carbonyl (C=O) groups is 2. The SMILES string of the molecule is CC[C@@H](NC(=O)OC(C)(C)C)C(=O)N1CCCN(S(=O)(=O)c2cccc3cncc(F)c23)[C@@H](C)C1. The third-order valence-corrected chi connectivity index (χ3v) is 7.83. The molecule has 1 aliphatic heterocycles. The summed E-state index contributed by atoms with van der Waals surface area (Å²) in [6.45, 7) is 9.34. The van der Waals surface area contributed by atoms with Crippen LogP contribution in [0.3, 0.4) is 0 Å². The van der Waals surface area contributed by atoms with Crippen LogP contribution in [0.5, 0.6) is 0 Å². The van der Waals surface area contributed by atoms with E-state index in [9.17, 15) is 22.4 Å². The molecular formula is C24H33FN4O5S. The number of amides is 2. The molecule has 0 aliphatic carbocycles. The Morgan fingerprint density at radius 3 is 2.63 bits per heavy atom. The fourth-order valence-corrected chi connectivity index (χ4v) is 6.09. The highest BCUT2D eigenvalue weighted by molar-refractivity contribution is 7.89. The average Bonchev–Trinajstić information content (AvgIpc) is 2.97. The van der Waals surface area contributed by atoms with Crippen LogP contribution in [0.15, 0.2) is 35.5 Å². The predicted molar refractivity (Wildman–Crippen MR) is 130 cm³/mol. The fourth-order valence-electron chi connectivity index (χ4n) is 4.21. The number of hydrogen-bond donors (Lipinski definition) is 1. The van der Waals surface area contributed by atoms with Crippen LogP contribution >= 0.6 is 0 Å². The van der Waals surface area contributed by atoms with Gasteiger partial charge in [0.15, 0.2) is 5.82 Å². The summed E-state index contributed by atoms with van der Waals surface area (Å²) in [5.74, 6) is -1.01. The number of hydrogen-bond acceptors (Lipinski definition) is 6. The van der Waals surface area contributed by atoms with Crippen LogP contribution in [-0.2, 0) is 19.6 Å². The molecule has 11 heteroatoms. The number of alkyl carbamates (subject to hydrolysis) is 1. The lowest BCUT2D eigenvalue weighted by Crippen LogP contribution is -2.51. The number of rotatable bonds is 5. The second-order valence-corrected chi connectivity index (χ2v) is 11.5. The van der Waals surface area contributed by atoms with Gasteiger partial charge in [-0.3, -0.25) is 9.78 Å². The molecule has 9 nitrogen and oxygen atoms in total. The fraction of sp³-hybridized carbons (Fsp3) is 0.542. The minimum absolute atomic E-state index is 0.000475. The van der Waals surface area contributed by atoms with Gasteiger partial charge in [0.05, 0.1) is 11.1 Å². The molecule has 1 aromatic heterocycles. The van der Waals surface area contributed by atoms with Gasteiger partial charge in [0.25, 0.3) is 0 Å². The van der Waals surface area contributed by atoms with Crippen molar-refractivity contribution >= 4 is 32.8 Å². The summed E-state index contributed by atoms with van der Waals surface area (Å²) in [7, 11) is -4.06. The maximum absolute atomic E-state index is 14.6. The molecule has 1 N–H and O–H groups in total. The lowest BCUT2D eigenvalue weighted by Gasteiger charge is -2.30. The number of sulfonamides is 1. The van der Waals surface area contributed by atoms with Gasteiger partial charge in [-0.25, -0.2) is 17.6 Å². The first-order chi connectivity index (χ1) is 16.3. The first kappa shape index (κ1) is 26.8. The molecule has 1 aromatic carbocycles. The van der Waals surface area contributed by atoms with E-state index in [-0.39, 0.29) is 29.3 Å². The van der Waals surface area contributed by atoms with Crippen molar-refractivity contribution in [2.45, 2.75) is 70.0 Å². The normalized spacial score (nSPS) is 18.7. The molecule has 2 aromatic rings. The van der Waals surface area contributed by atoms with Crippen LogP contribution in [0.25, 0.3) is 10.8 Å². The van der Waals surface area contributed by atoms with Gasteiger partial charge in [0.2, 0.25) is 15.9 Å². The monoisotopic (exact) mass is 508 g/mol. The number of ether oxygens (including phenoxy) is 1. The van der Waals surface area contributed by atoms with Crippen molar-refractivity contribution in [2.24, 2.45) is 0 Å². The van der Waals surface area contributed by atoms with Gasteiger partial charge in [-0.05, 0) is 46.6 Å². The molecule has 0 radical (unpaired) electrons. The van der Waals surface area contributed by atoms with Crippen LogP contribution in [0.4, 0.5) is 9.18 Å². The molecule has 0 spiro atoms. The lowest BCUT2D eigenvalue weighted by molar-refractivity contribution is -0.133. The average molecular weight is 509 g/mol. The Morgan fingerprint density at radius 2 is 1.97 bits per heavy atom. The Kier molecular flexibility index (Phi) is 8.00. The molecule has 1 saturated heterocycles. The van der Waals surface area contributed by atoms with Crippen LogP contribution < -0.4 is 5.32 Å². The molecule has 35 heavy (non-hydrogen) atoms. The quantitative estimate of drug-likeness (QED) is 0.664. The molecule has 0 unspecified atom stereocenters. The molecule has 2 atom stereocenters. The Hall–Kier alpha value is -2.79. The molecule has 2 amide bonds. The highest BCUT2D eigenvalue weighted by Crippen LogP contribution is 2.29. The van der Waals surface area contributed by atoms with Crippen molar-refractivity contribution in [3.63, 3.8) is 0 Å². The number of nitrogens with one attached hydrogen (secondary N) is 1. The zero-order valence-corrected chi connectivity index (χ0v) is 21.6. The minimum Gasteiger partial charge on any atom is -0.444 e. The van der Waals surface area contributed by atoms with Crippen molar-refractivity contribution in [3.8, 4) is 0 Å². The summed E-state index contributed by atoms with van der Waals surface area (Å²) >= 11 is 0. The van der Waals surface area contributed by atoms with Gasteiger partial charge in [-0.1, -0.05) is 19.1 Å². The van der Waals surface area contributed by atoms with E-state index in [4.69, 9.17) is 4.74 Å². The third kappa shape index (κ3) is 6.07. The molecule has 1 fully saturated rings. The van der Waals surface area contributed by atoms with Gasteiger partial charge in [0, 0.05) is 42.6 Å². The van der Waals surface area contributed by atoms with Crippen molar-refractivity contribution in [3.05, 3.63) is 36.4 Å². The van der Waals surface area contributed by atoms with Crippen molar-refractivity contribution in [1.82, 2.24) is 19.5 Å². The van der Waals surface area contributed by atoms with Crippen molar-refractivity contribution < 1.29 is 27.1 Å². The lowest BCUT2D eigenvalue weighted by atomic mass is 10.1. The van der Waals surface area contributed by atoms with E-state index in [1.807, 2.05) is 0 Å². The van der Waals surface area contributed by atoms with Gasteiger partial charge in [0.1, 0.15) is 11.6 Å². The Balaban J connectivity index is 1.81. The van der Waals surface area contributed by atoms with E-state index < -0.39 is 39.6 Å². The smallest absolute Gasteiger partial charge is 0.408 e. The highest BCUT2D eigenvalue weighted by Gasteiger charge is 2.36. The zero-order valence-electron chi connectivity index (χ0n) is 20.7. The Morgan fingerprint density at radius 1 is 1.26 bits per heavy atom. The van der Waals surface area contributed by atoms with E-state index >= 15 is 0 Å². The molecule has 3 rings (SSSR count). The first-order valence-corrected chi connectivity index (χ1v) is 13.1. The van der Waals surface area contributed by atoms with Gasteiger partial charge in [-0.15, -0.1) is 0 Å². The van der Waals surface area contributed by atoms with E-state index in [1.54, 1.807) is 51.7 Å². The highest BCUT2D eigenvalue weighted by atomic mass is 32.2. The summed E-state index contributed by atoms with van der Waals surface area (Å²) in [5, 5.41) is 3.01. The number of halogens is 1. The number of nitrogens with zero attached hydrogens (tertiary/aromatic N) is 3. The van der Waals surface area contributed by atoms with Crippen LogP contribution in [-0.4, -0.2) is 71.9 Å². The van der Waals surface area contributed by atoms with E-state index in [0.717, 1.165) is 6.20 Å². The third-order valence-electron chi connectivity index (χ3n) is 5.78. The number of fused-ring (bicyclic) bond motifs is 1. The number of benzene rings is 1. The van der Waals surface area contributed by atoms with E-state index in [0.29, 0.717) is 24.8 Å². The molecule has 0 bridgehead atoms. The van der Waals surface area contributed by atoms with Crippen molar-refractivity contribution in [2.75, 3.05) is 19.6 Å². The van der Waals surface area contributed by atoms with E-state index in [1.165, 1.54) is 16.6 Å². The minimum atomic E-state index is -4.06. The second-order valence-electron chi connectivity index (χ2n) is 9.69. The maximum atomic E-state index is 14.6. The summed E-state index contributed by atoms with van der Waals surface area (Å²) < 4.78 is 48.4. The molecule has 0 saturated carbocycles. The molecule has 1 aliphatic rings. The van der Waals surface area contributed by atoms with Crippen LogP contribution in [0.1, 0.15) is 47.5 Å². The van der Waals surface area contributed by atoms with Crippen LogP contribution in [0, 0.1) is 5.82 Å². The summed E-state index contributed by atoms with van der Waals surface area (Å²) in [6, 6.07) is 3.20. The number of aromatic nitrogens is 1. The summed E-state index contributed by atoms with van der Waals surface area (Å²) in [5.41, 5.74) is -0.700. The molecule has 2 heterocycles. The van der Waals surface area contributed by atoms with Gasteiger partial charge in [-0.2, -0.15) is 4.31 Å². The standard InChI is InChI=1S/C24H33FN4O5S/c1-6-19(27-23(31)34-24(3,4)5)22(30)28-11-8-12-29(16(2)15-28)35(32,33)20-10-7-9-17-13-26-14-18(25)21(17)20/h7,9-10,13-14,16,19H,6,8,11-12,15H2,1-5H3,(H,27,31)/t16-,19+/m0/s1. The number of pyridine rings is 1. The maximum Gasteiger partial charge on any atom is 0.408 e. The van der Waals surface area contributed by atoms with Crippen LogP contribution in [0.2, 0.25) is 0 Å². The summed E-state index contributed by atoms with van der Waals surface area (Å²) in [4.78, 5) is 30.7.